The Labute approximate surface area is 120 Å². The molecule has 1 nitrogen and oxygen atoms in total. The second kappa shape index (κ2) is 6.71. The molecule has 19 heavy (non-hydrogen) atoms. The minimum atomic E-state index is -0.333. The maximum absolute atomic E-state index is 13.2. The summed E-state index contributed by atoms with van der Waals surface area (Å²) in [5, 5.41) is 3.82. The van der Waals surface area contributed by atoms with Gasteiger partial charge in [0.1, 0.15) is 5.82 Å². The Morgan fingerprint density at radius 2 is 2.21 bits per heavy atom. The van der Waals surface area contributed by atoms with Gasteiger partial charge in [-0.15, -0.1) is 0 Å². The van der Waals surface area contributed by atoms with Gasteiger partial charge < -0.3 is 5.32 Å². The van der Waals surface area contributed by atoms with Gasteiger partial charge in [0.2, 0.25) is 0 Å². The predicted octanol–water partition coefficient (Wildman–Crippen LogP) is 4.44. The number of hydrogen-bond acceptors (Lipinski definition) is 1. The molecule has 3 heteroatoms. The summed E-state index contributed by atoms with van der Waals surface area (Å²) in [5.41, 5.74) is 1.12. The van der Waals surface area contributed by atoms with Crippen LogP contribution in [-0.4, -0.2) is 12.6 Å². The van der Waals surface area contributed by atoms with Gasteiger partial charge in [0, 0.05) is 6.04 Å². The number of nitrogens with one attached hydrogen (secondary N) is 1. The molecule has 0 radical (unpaired) electrons. The maximum atomic E-state index is 13.2. The first kappa shape index (κ1) is 14.8. The van der Waals surface area contributed by atoms with Gasteiger partial charge in [0.05, 0.1) is 5.02 Å². The van der Waals surface area contributed by atoms with Crippen LogP contribution in [0.15, 0.2) is 18.2 Å². The fourth-order valence-corrected chi connectivity index (χ4v) is 3.41. The molecule has 0 aromatic heterocycles. The van der Waals surface area contributed by atoms with Crippen molar-refractivity contribution in [3.05, 3.63) is 34.6 Å². The van der Waals surface area contributed by atoms with E-state index in [1.165, 1.54) is 25.3 Å². The van der Waals surface area contributed by atoms with Crippen molar-refractivity contribution in [2.75, 3.05) is 6.54 Å². The van der Waals surface area contributed by atoms with Gasteiger partial charge in [-0.3, -0.25) is 0 Å². The molecule has 3 atom stereocenters. The van der Waals surface area contributed by atoms with Gasteiger partial charge in [-0.1, -0.05) is 37.9 Å². The molecule has 1 fully saturated rings. The Bertz CT molecular complexity index is 421. The fourth-order valence-electron chi connectivity index (χ4n) is 3.20. The van der Waals surface area contributed by atoms with Gasteiger partial charge >= 0.3 is 0 Å². The highest BCUT2D eigenvalue weighted by Gasteiger charge is 2.28. The first-order chi connectivity index (χ1) is 9.10. The van der Waals surface area contributed by atoms with Gasteiger partial charge in [-0.2, -0.15) is 0 Å². The van der Waals surface area contributed by atoms with Crippen molar-refractivity contribution in [2.24, 2.45) is 11.8 Å². The third-order valence-corrected chi connectivity index (χ3v) is 4.50. The summed E-state index contributed by atoms with van der Waals surface area (Å²) < 4.78 is 13.2. The number of hydrogen-bond donors (Lipinski definition) is 1. The SMILES string of the molecule is CCNC(Cc1ccc(F)c(Cl)c1)C1CCC(C)C1. The monoisotopic (exact) mass is 283 g/mol. The van der Waals surface area contributed by atoms with Crippen LogP contribution in [-0.2, 0) is 6.42 Å². The van der Waals surface area contributed by atoms with Gasteiger partial charge in [0.15, 0.2) is 0 Å². The molecule has 106 valence electrons. The van der Waals surface area contributed by atoms with Crippen LogP contribution in [0.5, 0.6) is 0 Å². The molecular weight excluding hydrogens is 261 g/mol. The van der Waals surface area contributed by atoms with Crippen molar-refractivity contribution in [3.63, 3.8) is 0 Å². The average molecular weight is 284 g/mol. The third-order valence-electron chi connectivity index (χ3n) is 4.21. The smallest absolute Gasteiger partial charge is 0.141 e. The van der Waals surface area contributed by atoms with Crippen LogP contribution in [0.1, 0.15) is 38.7 Å². The van der Waals surface area contributed by atoms with Crippen molar-refractivity contribution < 1.29 is 4.39 Å². The molecule has 0 saturated heterocycles. The standard InChI is InChI=1S/C16H23ClFN/c1-3-19-16(13-6-4-11(2)8-13)10-12-5-7-15(18)14(17)9-12/h5,7,9,11,13,16,19H,3-4,6,8,10H2,1-2H3. The van der Waals surface area contributed by atoms with Crippen molar-refractivity contribution in [2.45, 2.75) is 45.6 Å². The van der Waals surface area contributed by atoms with Crippen LogP contribution in [0.3, 0.4) is 0 Å². The molecule has 0 bridgehead atoms. The molecule has 0 amide bonds. The van der Waals surface area contributed by atoms with Crippen molar-refractivity contribution in [1.29, 1.82) is 0 Å². The van der Waals surface area contributed by atoms with Gasteiger partial charge in [-0.05, 0) is 55.3 Å². The van der Waals surface area contributed by atoms with Crippen LogP contribution in [0.25, 0.3) is 0 Å². The lowest BCUT2D eigenvalue weighted by Crippen LogP contribution is -2.37. The summed E-state index contributed by atoms with van der Waals surface area (Å²) in [6, 6.07) is 5.57. The lowest BCUT2D eigenvalue weighted by Gasteiger charge is -2.25. The van der Waals surface area contributed by atoms with Gasteiger partial charge in [-0.25, -0.2) is 4.39 Å². The third kappa shape index (κ3) is 3.93. The Morgan fingerprint density at radius 1 is 1.42 bits per heavy atom. The second-order valence-electron chi connectivity index (χ2n) is 5.80. The van der Waals surface area contributed by atoms with E-state index in [-0.39, 0.29) is 10.8 Å². The van der Waals surface area contributed by atoms with E-state index in [4.69, 9.17) is 11.6 Å². The largest absolute Gasteiger partial charge is 0.314 e. The highest BCUT2D eigenvalue weighted by Crippen LogP contribution is 2.34. The molecule has 0 spiro atoms. The van der Waals surface area contributed by atoms with E-state index in [0.29, 0.717) is 6.04 Å². The van der Waals surface area contributed by atoms with E-state index in [1.54, 1.807) is 6.07 Å². The molecule has 1 N–H and O–H groups in total. The summed E-state index contributed by atoms with van der Waals surface area (Å²) >= 11 is 5.86. The van der Waals surface area contributed by atoms with Gasteiger partial charge in [0.25, 0.3) is 0 Å². The predicted molar refractivity (Wildman–Crippen MR) is 79.1 cm³/mol. The van der Waals surface area contributed by atoms with Crippen molar-refractivity contribution in [1.82, 2.24) is 5.32 Å². The number of likely N-dealkylation sites (N-methyl/N-ethyl adjacent to an activating group) is 1. The van der Waals surface area contributed by atoms with Crippen molar-refractivity contribution >= 4 is 11.6 Å². The molecule has 2 rings (SSSR count). The fraction of sp³-hybridized carbons (Fsp3) is 0.625. The molecule has 0 aliphatic heterocycles. The summed E-state index contributed by atoms with van der Waals surface area (Å²) in [6.07, 6.45) is 4.86. The number of halogens is 2. The maximum Gasteiger partial charge on any atom is 0.141 e. The Hall–Kier alpha value is -0.600. The minimum absolute atomic E-state index is 0.229. The van der Waals surface area contributed by atoms with E-state index >= 15 is 0 Å². The van der Waals surface area contributed by atoms with E-state index in [9.17, 15) is 4.39 Å². The molecule has 0 heterocycles. The highest BCUT2D eigenvalue weighted by atomic mass is 35.5. The minimum Gasteiger partial charge on any atom is -0.314 e. The topological polar surface area (TPSA) is 12.0 Å². The van der Waals surface area contributed by atoms with E-state index < -0.39 is 0 Å². The lowest BCUT2D eigenvalue weighted by atomic mass is 9.91. The molecule has 1 aliphatic rings. The normalized spacial score (nSPS) is 24.6. The zero-order chi connectivity index (χ0) is 13.8. The average Bonchev–Trinajstić information content (AvgIpc) is 2.80. The summed E-state index contributed by atoms with van der Waals surface area (Å²) in [7, 11) is 0. The Balaban J connectivity index is 2.05. The molecule has 1 aromatic carbocycles. The zero-order valence-corrected chi connectivity index (χ0v) is 12.5. The van der Waals surface area contributed by atoms with E-state index in [2.05, 4.69) is 19.2 Å². The molecule has 1 aromatic rings. The zero-order valence-electron chi connectivity index (χ0n) is 11.8. The lowest BCUT2D eigenvalue weighted by molar-refractivity contribution is 0.354. The first-order valence-corrected chi connectivity index (χ1v) is 7.65. The number of benzene rings is 1. The van der Waals surface area contributed by atoms with Crippen LogP contribution < -0.4 is 5.32 Å². The quantitative estimate of drug-likeness (QED) is 0.843. The second-order valence-corrected chi connectivity index (χ2v) is 6.20. The molecule has 1 aliphatic carbocycles. The highest BCUT2D eigenvalue weighted by molar-refractivity contribution is 6.30. The van der Waals surface area contributed by atoms with E-state index in [0.717, 1.165) is 30.4 Å². The summed E-state index contributed by atoms with van der Waals surface area (Å²) in [6.45, 7) is 5.45. The van der Waals surface area contributed by atoms with Crippen LogP contribution in [0, 0.1) is 17.7 Å². The molecule has 1 saturated carbocycles. The van der Waals surface area contributed by atoms with Crippen LogP contribution in [0.2, 0.25) is 5.02 Å². The molecular formula is C16H23ClFN. The van der Waals surface area contributed by atoms with E-state index in [1.807, 2.05) is 6.07 Å². The summed E-state index contributed by atoms with van der Waals surface area (Å²) in [5.74, 6) is 1.24. The Kier molecular flexibility index (Phi) is 5.23. The Morgan fingerprint density at radius 3 is 2.79 bits per heavy atom. The first-order valence-electron chi connectivity index (χ1n) is 7.27. The summed E-state index contributed by atoms with van der Waals surface area (Å²) in [4.78, 5) is 0. The number of rotatable bonds is 5. The molecule has 3 unspecified atom stereocenters. The van der Waals surface area contributed by atoms with Crippen molar-refractivity contribution in [3.8, 4) is 0 Å². The van der Waals surface area contributed by atoms with Crippen LogP contribution >= 0.6 is 11.6 Å². The van der Waals surface area contributed by atoms with Crippen LogP contribution in [0.4, 0.5) is 4.39 Å².